The molecule has 0 aliphatic carbocycles. The van der Waals surface area contributed by atoms with Gasteiger partial charge in [-0.05, 0) is 22.0 Å². The van der Waals surface area contributed by atoms with Crippen LogP contribution in [0.1, 0.15) is 34.6 Å². The molecule has 0 amide bonds. The van der Waals surface area contributed by atoms with Crippen molar-refractivity contribution in [3.63, 3.8) is 0 Å². The van der Waals surface area contributed by atoms with Gasteiger partial charge in [0, 0.05) is 6.07 Å². The van der Waals surface area contributed by atoms with Gasteiger partial charge in [0.2, 0.25) is 0 Å². The third-order valence-corrected chi connectivity index (χ3v) is 2.56. The molecule has 0 radical (unpaired) electrons. The lowest BCUT2D eigenvalue weighted by Gasteiger charge is -2.02. The van der Waals surface area contributed by atoms with Crippen molar-refractivity contribution in [3.8, 4) is 0 Å². The van der Waals surface area contributed by atoms with Crippen LogP contribution in [0.4, 0.5) is 5.69 Å². The van der Waals surface area contributed by atoms with E-state index in [9.17, 15) is 19.7 Å². The van der Waals surface area contributed by atoms with E-state index in [-0.39, 0.29) is 4.47 Å². The van der Waals surface area contributed by atoms with Gasteiger partial charge in [-0.3, -0.25) is 10.1 Å². The second kappa shape index (κ2) is 6.70. The van der Waals surface area contributed by atoms with Crippen LogP contribution in [0.25, 0.3) is 0 Å². The van der Waals surface area contributed by atoms with Crippen molar-refractivity contribution >= 4 is 33.6 Å². The summed E-state index contributed by atoms with van der Waals surface area (Å²) in [5, 5.41) is 28.0. The fourth-order valence-corrected chi connectivity index (χ4v) is 1.56. The Morgan fingerprint density at radius 2 is 1.72 bits per heavy atom. The Labute approximate surface area is 110 Å². The standard InChI is InChI=1S/C8H4BrNO6.C2H6/c9-6-4(8(13)14)1-3(7(11)12)2-5(6)10(15)16;1-2/h1-2H,(H,11,12)(H,13,14);1-2H3. The number of nitrogens with zero attached hydrogens (tertiary/aromatic N) is 1. The summed E-state index contributed by atoms with van der Waals surface area (Å²) in [6.45, 7) is 4.00. The molecule has 0 heterocycles. The summed E-state index contributed by atoms with van der Waals surface area (Å²) in [4.78, 5) is 31.1. The van der Waals surface area contributed by atoms with Crippen LogP contribution in [-0.4, -0.2) is 27.1 Å². The maximum Gasteiger partial charge on any atom is 0.337 e. The van der Waals surface area contributed by atoms with E-state index in [0.717, 1.165) is 12.1 Å². The molecule has 1 aromatic carbocycles. The first-order valence-corrected chi connectivity index (χ1v) is 5.58. The zero-order valence-corrected chi connectivity index (χ0v) is 11.1. The maximum absolute atomic E-state index is 10.7. The van der Waals surface area contributed by atoms with Gasteiger partial charge in [-0.2, -0.15) is 0 Å². The van der Waals surface area contributed by atoms with Crippen molar-refractivity contribution in [2.45, 2.75) is 13.8 Å². The number of aromatic carboxylic acids is 2. The van der Waals surface area contributed by atoms with E-state index in [0.29, 0.717) is 0 Å². The fraction of sp³-hybridized carbons (Fsp3) is 0.200. The summed E-state index contributed by atoms with van der Waals surface area (Å²) < 4.78 is -0.255. The van der Waals surface area contributed by atoms with Gasteiger partial charge in [0.25, 0.3) is 5.69 Å². The van der Waals surface area contributed by atoms with Crippen molar-refractivity contribution in [2.24, 2.45) is 0 Å². The molecular formula is C10H10BrNO6. The summed E-state index contributed by atoms with van der Waals surface area (Å²) in [5.41, 5.74) is -1.52. The van der Waals surface area contributed by atoms with E-state index in [4.69, 9.17) is 10.2 Å². The number of benzene rings is 1. The lowest BCUT2D eigenvalue weighted by Crippen LogP contribution is -2.05. The number of hydrogen-bond acceptors (Lipinski definition) is 4. The molecule has 0 spiro atoms. The van der Waals surface area contributed by atoms with E-state index in [1.807, 2.05) is 13.8 Å². The van der Waals surface area contributed by atoms with Crippen LogP contribution in [0.3, 0.4) is 0 Å². The summed E-state index contributed by atoms with van der Waals surface area (Å²) >= 11 is 2.75. The molecule has 7 nitrogen and oxygen atoms in total. The minimum atomic E-state index is -1.45. The molecule has 0 aromatic heterocycles. The minimum absolute atomic E-state index is 0.255. The van der Waals surface area contributed by atoms with Crippen molar-refractivity contribution in [1.82, 2.24) is 0 Å². The third-order valence-electron chi connectivity index (χ3n) is 1.73. The van der Waals surface area contributed by atoms with Crippen LogP contribution in [0, 0.1) is 10.1 Å². The predicted octanol–water partition coefficient (Wildman–Crippen LogP) is 2.78. The maximum atomic E-state index is 10.7. The smallest absolute Gasteiger partial charge is 0.337 e. The second-order valence-electron chi connectivity index (χ2n) is 2.72. The molecule has 0 fully saturated rings. The monoisotopic (exact) mass is 319 g/mol. The highest BCUT2D eigenvalue weighted by Crippen LogP contribution is 2.30. The van der Waals surface area contributed by atoms with Gasteiger partial charge in [0.05, 0.1) is 16.1 Å². The zero-order valence-electron chi connectivity index (χ0n) is 9.51. The average Bonchev–Trinajstić information content (AvgIpc) is 2.30. The Hall–Kier alpha value is -1.96. The van der Waals surface area contributed by atoms with Gasteiger partial charge < -0.3 is 10.2 Å². The molecule has 1 rings (SSSR count). The number of hydrogen-bond donors (Lipinski definition) is 2. The predicted molar refractivity (Wildman–Crippen MR) is 66.1 cm³/mol. The van der Waals surface area contributed by atoms with Crippen LogP contribution in [0.5, 0.6) is 0 Å². The Bertz CT molecular complexity index is 464. The first-order chi connectivity index (χ1) is 8.34. The molecule has 18 heavy (non-hydrogen) atoms. The van der Waals surface area contributed by atoms with Gasteiger partial charge in [-0.25, -0.2) is 9.59 Å². The lowest BCUT2D eigenvalue weighted by atomic mass is 10.1. The molecule has 98 valence electrons. The largest absolute Gasteiger partial charge is 0.478 e. The van der Waals surface area contributed by atoms with Gasteiger partial charge in [0.15, 0.2) is 0 Å². The lowest BCUT2D eigenvalue weighted by molar-refractivity contribution is -0.385. The Kier molecular flexibility index (Phi) is 5.97. The molecule has 8 heteroatoms. The number of rotatable bonds is 3. The van der Waals surface area contributed by atoms with Gasteiger partial charge in [-0.1, -0.05) is 13.8 Å². The van der Waals surface area contributed by atoms with E-state index >= 15 is 0 Å². The molecular weight excluding hydrogens is 310 g/mol. The topological polar surface area (TPSA) is 118 Å². The van der Waals surface area contributed by atoms with E-state index in [2.05, 4.69) is 15.9 Å². The summed E-state index contributed by atoms with van der Waals surface area (Å²) in [7, 11) is 0. The van der Waals surface area contributed by atoms with Crippen LogP contribution in [0.15, 0.2) is 16.6 Å². The number of carboxylic acids is 2. The Morgan fingerprint density at radius 1 is 1.22 bits per heavy atom. The molecule has 0 unspecified atom stereocenters. The SMILES string of the molecule is CC.O=C(O)c1cc(C(=O)O)c(Br)c([N+](=O)[O-])c1. The first kappa shape index (κ1) is 16.0. The second-order valence-corrected chi connectivity index (χ2v) is 3.52. The van der Waals surface area contributed by atoms with E-state index in [1.54, 1.807) is 0 Å². The summed E-state index contributed by atoms with van der Waals surface area (Å²) in [5.74, 6) is -2.88. The average molecular weight is 320 g/mol. The minimum Gasteiger partial charge on any atom is -0.478 e. The third kappa shape index (κ3) is 3.52. The molecule has 1 aromatic rings. The van der Waals surface area contributed by atoms with E-state index < -0.39 is 33.7 Å². The Morgan fingerprint density at radius 3 is 2.06 bits per heavy atom. The molecule has 0 aliphatic heterocycles. The van der Waals surface area contributed by atoms with Crippen molar-refractivity contribution in [3.05, 3.63) is 37.8 Å². The number of halogens is 1. The van der Waals surface area contributed by atoms with Crippen molar-refractivity contribution in [2.75, 3.05) is 0 Å². The molecule has 0 bridgehead atoms. The van der Waals surface area contributed by atoms with Crippen LogP contribution < -0.4 is 0 Å². The molecule has 0 saturated carbocycles. The summed E-state index contributed by atoms with van der Waals surface area (Å²) in [6.07, 6.45) is 0. The number of nitro benzene ring substituents is 1. The number of carbonyl (C=O) groups is 2. The highest BCUT2D eigenvalue weighted by molar-refractivity contribution is 9.10. The summed E-state index contributed by atoms with van der Waals surface area (Å²) in [6, 6.07) is 1.64. The Balaban J connectivity index is 0.00000137. The highest BCUT2D eigenvalue weighted by Gasteiger charge is 2.23. The molecule has 0 aliphatic rings. The van der Waals surface area contributed by atoms with E-state index in [1.165, 1.54) is 0 Å². The van der Waals surface area contributed by atoms with Gasteiger partial charge in [0.1, 0.15) is 4.47 Å². The normalized spacial score (nSPS) is 9.06. The quantitative estimate of drug-likeness (QED) is 0.653. The number of carboxylic acid groups (broad SMARTS) is 2. The van der Waals surface area contributed by atoms with Crippen molar-refractivity contribution < 1.29 is 24.7 Å². The molecule has 0 saturated heterocycles. The van der Waals surface area contributed by atoms with Gasteiger partial charge in [-0.15, -0.1) is 0 Å². The first-order valence-electron chi connectivity index (χ1n) is 4.79. The molecule has 2 N–H and O–H groups in total. The number of nitro groups is 1. The van der Waals surface area contributed by atoms with Crippen LogP contribution in [0.2, 0.25) is 0 Å². The van der Waals surface area contributed by atoms with Gasteiger partial charge >= 0.3 is 11.9 Å². The van der Waals surface area contributed by atoms with Crippen LogP contribution in [-0.2, 0) is 0 Å². The van der Waals surface area contributed by atoms with Crippen LogP contribution >= 0.6 is 15.9 Å². The highest BCUT2D eigenvalue weighted by atomic mass is 79.9. The fourth-order valence-electron chi connectivity index (χ4n) is 1.02. The zero-order chi connectivity index (χ0) is 14.5. The molecule has 0 atom stereocenters. The van der Waals surface area contributed by atoms with Crippen molar-refractivity contribution in [1.29, 1.82) is 0 Å².